The standard InChI is InChI=1S/C17H18ClF2N3OS2/c1-17(2,3)26(24)23-13(7-10-5-11(19)8-12(20)6-10)15-16(18)22-14(25-4)9-21-15/h5-6,8-9H,7H2,1-4H3. The van der Waals surface area contributed by atoms with Gasteiger partial charge in [0.05, 0.1) is 6.20 Å². The Hall–Kier alpha value is -1.22. The average Bonchev–Trinajstić information content (AvgIpc) is 2.52. The monoisotopic (exact) mass is 417 g/mol. The average molecular weight is 418 g/mol. The molecule has 2 rings (SSSR count). The molecule has 4 nitrogen and oxygen atoms in total. The molecule has 26 heavy (non-hydrogen) atoms. The van der Waals surface area contributed by atoms with E-state index in [9.17, 15) is 13.3 Å². The van der Waals surface area contributed by atoms with Gasteiger partial charge in [-0.05, 0) is 44.7 Å². The number of hydrogen-bond acceptors (Lipinski definition) is 5. The Kier molecular flexibility index (Phi) is 7.01. The van der Waals surface area contributed by atoms with E-state index in [-0.39, 0.29) is 23.0 Å². The minimum absolute atomic E-state index is 0.0174. The van der Waals surface area contributed by atoms with Crippen LogP contribution in [0.1, 0.15) is 32.0 Å². The Morgan fingerprint density at radius 1 is 1.27 bits per heavy atom. The van der Waals surface area contributed by atoms with Crippen molar-refractivity contribution < 1.29 is 13.3 Å². The van der Waals surface area contributed by atoms with Crippen molar-refractivity contribution in [2.75, 3.05) is 6.26 Å². The zero-order valence-corrected chi connectivity index (χ0v) is 17.1. The minimum atomic E-state index is -1.60. The van der Waals surface area contributed by atoms with Crippen LogP contribution in [-0.4, -0.2) is 31.2 Å². The van der Waals surface area contributed by atoms with Gasteiger partial charge in [-0.2, -0.15) is 0 Å². The fourth-order valence-electron chi connectivity index (χ4n) is 1.95. The summed E-state index contributed by atoms with van der Waals surface area (Å²) in [5, 5.41) is 0.713. The van der Waals surface area contributed by atoms with E-state index in [0.717, 1.165) is 6.07 Å². The molecule has 1 heterocycles. The van der Waals surface area contributed by atoms with Gasteiger partial charge in [-0.3, -0.25) is 0 Å². The normalized spacial score (nSPS) is 13.8. The van der Waals surface area contributed by atoms with E-state index < -0.39 is 27.7 Å². The summed E-state index contributed by atoms with van der Waals surface area (Å²) in [5.41, 5.74) is 0.833. The summed E-state index contributed by atoms with van der Waals surface area (Å²) in [4.78, 5) is 8.45. The minimum Gasteiger partial charge on any atom is -0.591 e. The Balaban J connectivity index is 2.50. The van der Waals surface area contributed by atoms with Crippen LogP contribution in [0.5, 0.6) is 0 Å². The first-order valence-electron chi connectivity index (χ1n) is 7.61. The molecule has 1 aromatic carbocycles. The first-order valence-corrected chi connectivity index (χ1v) is 10.3. The van der Waals surface area contributed by atoms with Crippen molar-refractivity contribution in [1.29, 1.82) is 0 Å². The second-order valence-electron chi connectivity index (χ2n) is 6.41. The van der Waals surface area contributed by atoms with E-state index in [0.29, 0.717) is 10.6 Å². The second-order valence-corrected chi connectivity index (χ2v) is 9.50. The van der Waals surface area contributed by atoms with Crippen LogP contribution in [0.2, 0.25) is 5.15 Å². The number of halogens is 3. The molecule has 0 saturated heterocycles. The number of benzene rings is 1. The molecule has 1 atom stereocenters. The van der Waals surface area contributed by atoms with Crippen LogP contribution < -0.4 is 0 Å². The van der Waals surface area contributed by atoms with Gasteiger partial charge in [-0.15, -0.1) is 11.8 Å². The van der Waals surface area contributed by atoms with Crippen molar-refractivity contribution in [3.63, 3.8) is 0 Å². The summed E-state index contributed by atoms with van der Waals surface area (Å²) in [5.74, 6) is -1.41. The quantitative estimate of drug-likeness (QED) is 0.404. The van der Waals surface area contributed by atoms with Crippen LogP contribution in [0, 0.1) is 11.6 Å². The largest absolute Gasteiger partial charge is 0.591 e. The Labute approximate surface area is 163 Å². The molecule has 2 aromatic rings. The highest BCUT2D eigenvalue weighted by atomic mass is 35.5. The van der Waals surface area contributed by atoms with Crippen molar-refractivity contribution in [2.45, 2.75) is 37.0 Å². The van der Waals surface area contributed by atoms with Crippen molar-refractivity contribution in [1.82, 2.24) is 9.97 Å². The Morgan fingerprint density at radius 3 is 2.38 bits per heavy atom. The molecule has 140 valence electrons. The summed E-state index contributed by atoms with van der Waals surface area (Å²) in [7, 11) is 0. The van der Waals surface area contributed by atoms with Gasteiger partial charge in [-0.1, -0.05) is 16.0 Å². The number of nitrogens with zero attached hydrogens (tertiary/aromatic N) is 3. The molecule has 1 unspecified atom stereocenters. The maximum atomic E-state index is 13.5. The van der Waals surface area contributed by atoms with E-state index in [1.165, 1.54) is 30.1 Å². The van der Waals surface area contributed by atoms with Gasteiger partial charge in [0.2, 0.25) is 0 Å². The molecule has 0 bridgehead atoms. The molecule has 1 aromatic heterocycles. The highest BCUT2D eigenvalue weighted by Gasteiger charge is 2.28. The van der Waals surface area contributed by atoms with Crippen molar-refractivity contribution >= 4 is 40.4 Å². The second kappa shape index (κ2) is 8.65. The first-order chi connectivity index (χ1) is 12.1. The zero-order valence-electron chi connectivity index (χ0n) is 14.7. The molecular formula is C17H18ClF2N3OS2. The molecule has 0 N–H and O–H groups in total. The van der Waals surface area contributed by atoms with Gasteiger partial charge in [-0.25, -0.2) is 18.7 Å². The summed E-state index contributed by atoms with van der Waals surface area (Å²) >= 11 is 5.99. The maximum absolute atomic E-state index is 13.5. The van der Waals surface area contributed by atoms with Crippen LogP contribution in [-0.2, 0) is 17.8 Å². The molecule has 9 heteroatoms. The summed E-state index contributed by atoms with van der Waals surface area (Å²) < 4.78 is 43.1. The van der Waals surface area contributed by atoms with Crippen LogP contribution >= 0.6 is 23.4 Å². The SMILES string of the molecule is CSc1cnc(C(Cc2cc(F)cc(F)c2)=N[S+]([O-])C(C)(C)C)c(Cl)n1. The third-order valence-electron chi connectivity index (χ3n) is 3.20. The number of aromatic nitrogens is 2. The lowest BCUT2D eigenvalue weighted by Crippen LogP contribution is -2.27. The van der Waals surface area contributed by atoms with Crippen molar-refractivity contribution in [2.24, 2.45) is 4.40 Å². The van der Waals surface area contributed by atoms with Gasteiger partial charge in [0, 0.05) is 12.5 Å². The van der Waals surface area contributed by atoms with Gasteiger partial charge >= 0.3 is 0 Å². The number of rotatable bonds is 5. The zero-order chi connectivity index (χ0) is 19.5. The van der Waals surface area contributed by atoms with E-state index in [1.807, 2.05) is 6.26 Å². The van der Waals surface area contributed by atoms with E-state index in [4.69, 9.17) is 11.6 Å². The van der Waals surface area contributed by atoms with Crippen LogP contribution in [0.25, 0.3) is 0 Å². The number of thioether (sulfide) groups is 1. The molecule has 0 aliphatic carbocycles. The fourth-order valence-corrected chi connectivity index (χ4v) is 3.21. The third-order valence-corrected chi connectivity index (χ3v) is 5.51. The maximum Gasteiger partial charge on any atom is 0.158 e. The van der Waals surface area contributed by atoms with Gasteiger partial charge < -0.3 is 4.55 Å². The predicted molar refractivity (Wildman–Crippen MR) is 103 cm³/mol. The molecule has 0 amide bonds. The summed E-state index contributed by atoms with van der Waals surface area (Å²) in [6, 6.07) is 3.17. The molecule has 0 radical (unpaired) electrons. The lowest BCUT2D eigenvalue weighted by atomic mass is 10.1. The topological polar surface area (TPSA) is 61.2 Å². The van der Waals surface area contributed by atoms with Crippen LogP contribution in [0.4, 0.5) is 8.78 Å². The smallest absolute Gasteiger partial charge is 0.158 e. The van der Waals surface area contributed by atoms with Gasteiger partial charge in [0.15, 0.2) is 5.15 Å². The first kappa shape index (κ1) is 21.1. The van der Waals surface area contributed by atoms with E-state index >= 15 is 0 Å². The number of hydrogen-bond donors (Lipinski definition) is 0. The Bertz CT molecular complexity index is 808. The lowest BCUT2D eigenvalue weighted by molar-refractivity contribution is 0.561. The highest BCUT2D eigenvalue weighted by Crippen LogP contribution is 2.23. The molecule has 0 spiro atoms. The van der Waals surface area contributed by atoms with Gasteiger partial charge in [0.25, 0.3) is 0 Å². The van der Waals surface area contributed by atoms with E-state index in [2.05, 4.69) is 14.4 Å². The highest BCUT2D eigenvalue weighted by molar-refractivity contribution is 7.98. The fraction of sp³-hybridized carbons (Fsp3) is 0.353. The summed E-state index contributed by atoms with van der Waals surface area (Å²) in [6.45, 7) is 5.32. The molecule has 0 aliphatic rings. The van der Waals surface area contributed by atoms with Crippen molar-refractivity contribution in [3.05, 3.63) is 52.4 Å². The van der Waals surface area contributed by atoms with E-state index in [1.54, 1.807) is 20.8 Å². The molecule has 0 aliphatic heterocycles. The van der Waals surface area contributed by atoms with Crippen molar-refractivity contribution in [3.8, 4) is 0 Å². The molecule has 0 saturated carbocycles. The lowest BCUT2D eigenvalue weighted by Gasteiger charge is -2.19. The Morgan fingerprint density at radius 2 is 1.88 bits per heavy atom. The molecular weight excluding hydrogens is 400 g/mol. The predicted octanol–water partition coefficient (Wildman–Crippen LogP) is 4.62. The molecule has 0 fully saturated rings. The van der Waals surface area contributed by atoms with Gasteiger partial charge in [0.1, 0.15) is 44.2 Å². The van der Waals surface area contributed by atoms with Crippen LogP contribution in [0.15, 0.2) is 33.8 Å². The summed E-state index contributed by atoms with van der Waals surface area (Å²) in [6.07, 6.45) is 3.37. The third kappa shape index (κ3) is 5.64. The van der Waals surface area contributed by atoms with Crippen LogP contribution in [0.3, 0.4) is 0 Å².